The molecule has 1 aromatic rings. The highest BCUT2D eigenvalue weighted by molar-refractivity contribution is 9.09. The van der Waals surface area contributed by atoms with Crippen LogP contribution in [0.5, 0.6) is 0 Å². The molecule has 1 amide bonds. The molecular weight excluding hydrogens is 282 g/mol. The van der Waals surface area contributed by atoms with E-state index < -0.39 is 0 Å². The van der Waals surface area contributed by atoms with E-state index in [0.717, 1.165) is 12.3 Å². The zero-order valence-electron chi connectivity index (χ0n) is 10.0. The van der Waals surface area contributed by atoms with E-state index in [1.54, 1.807) is 6.07 Å². The lowest BCUT2D eigenvalue weighted by atomic mass is 9.89. The average Bonchev–Trinajstić information content (AvgIpc) is 2.74. The molecule has 3 nitrogen and oxygen atoms in total. The van der Waals surface area contributed by atoms with Crippen LogP contribution in [0.4, 0.5) is 0 Å². The van der Waals surface area contributed by atoms with Gasteiger partial charge in [0.1, 0.15) is 5.76 Å². The summed E-state index contributed by atoms with van der Waals surface area (Å²) in [5.74, 6) is 1.61. The number of aryl methyl sites for hydroxylation is 1. The van der Waals surface area contributed by atoms with E-state index in [1.165, 1.54) is 25.7 Å². The molecule has 2 atom stereocenters. The number of amides is 1. The van der Waals surface area contributed by atoms with Crippen LogP contribution in [0.3, 0.4) is 0 Å². The van der Waals surface area contributed by atoms with Crippen molar-refractivity contribution in [3.8, 4) is 0 Å². The summed E-state index contributed by atoms with van der Waals surface area (Å²) in [4.78, 5) is 12.3. The number of rotatable bonds is 3. The molecule has 0 radical (unpaired) electrons. The monoisotopic (exact) mass is 299 g/mol. The van der Waals surface area contributed by atoms with Crippen molar-refractivity contribution in [2.24, 2.45) is 5.92 Å². The molecule has 0 spiro atoms. The van der Waals surface area contributed by atoms with Crippen molar-refractivity contribution in [3.05, 3.63) is 23.7 Å². The largest absolute Gasteiger partial charge is 0.456 e. The van der Waals surface area contributed by atoms with Crippen LogP contribution in [0.2, 0.25) is 0 Å². The Morgan fingerprint density at radius 3 is 2.88 bits per heavy atom. The fourth-order valence-corrected chi connectivity index (χ4v) is 3.03. The van der Waals surface area contributed by atoms with E-state index in [2.05, 4.69) is 21.2 Å². The van der Waals surface area contributed by atoms with Gasteiger partial charge in [0.25, 0.3) is 5.91 Å². The van der Waals surface area contributed by atoms with E-state index in [0.29, 0.717) is 16.5 Å². The number of hydrogen-bond donors (Lipinski definition) is 1. The number of furan rings is 1. The highest BCUT2D eigenvalue weighted by Crippen LogP contribution is 2.29. The van der Waals surface area contributed by atoms with Crippen molar-refractivity contribution in [3.63, 3.8) is 0 Å². The summed E-state index contributed by atoms with van der Waals surface area (Å²) in [5, 5.41) is 2.95. The van der Waals surface area contributed by atoms with Gasteiger partial charge in [0.05, 0.1) is 0 Å². The van der Waals surface area contributed by atoms with Gasteiger partial charge >= 0.3 is 0 Å². The lowest BCUT2D eigenvalue weighted by molar-refractivity contribution is 0.0915. The summed E-state index contributed by atoms with van der Waals surface area (Å²) in [6.45, 7) is 2.57. The van der Waals surface area contributed by atoms with Gasteiger partial charge in [0.15, 0.2) is 5.76 Å². The molecule has 0 aliphatic heterocycles. The fraction of sp³-hybridized carbons (Fsp3) is 0.615. The Morgan fingerprint density at radius 2 is 2.24 bits per heavy atom. The van der Waals surface area contributed by atoms with E-state index >= 15 is 0 Å². The maximum absolute atomic E-state index is 11.8. The van der Waals surface area contributed by atoms with Gasteiger partial charge in [0.2, 0.25) is 0 Å². The molecule has 4 heteroatoms. The minimum atomic E-state index is -0.108. The normalized spacial score (nSPS) is 24.6. The summed E-state index contributed by atoms with van der Waals surface area (Å²) in [7, 11) is 0. The van der Waals surface area contributed by atoms with Crippen molar-refractivity contribution in [1.29, 1.82) is 0 Å². The maximum Gasteiger partial charge on any atom is 0.287 e. The molecule has 1 heterocycles. The molecule has 2 unspecified atom stereocenters. The second kappa shape index (κ2) is 5.71. The van der Waals surface area contributed by atoms with Crippen LogP contribution in [0.1, 0.15) is 42.0 Å². The molecule has 1 N–H and O–H groups in total. The molecular formula is C13H18BrNO2. The Labute approximate surface area is 110 Å². The predicted molar refractivity (Wildman–Crippen MR) is 70.5 cm³/mol. The first-order chi connectivity index (χ1) is 8.16. The Bertz CT molecular complexity index is 389. The first kappa shape index (κ1) is 12.7. The maximum atomic E-state index is 11.8. The first-order valence-corrected chi connectivity index (χ1v) is 7.07. The smallest absolute Gasteiger partial charge is 0.287 e. The molecule has 2 rings (SSSR count). The van der Waals surface area contributed by atoms with Crippen LogP contribution in [0, 0.1) is 12.8 Å². The van der Waals surface area contributed by atoms with Gasteiger partial charge in [0, 0.05) is 11.4 Å². The van der Waals surface area contributed by atoms with E-state index in [1.807, 2.05) is 13.0 Å². The van der Waals surface area contributed by atoms with Crippen LogP contribution in [-0.2, 0) is 0 Å². The molecule has 0 saturated heterocycles. The van der Waals surface area contributed by atoms with Gasteiger partial charge in [-0.25, -0.2) is 0 Å². The molecule has 0 bridgehead atoms. The number of carbonyl (C=O) groups excluding carboxylic acids is 1. The molecule has 0 aromatic carbocycles. The zero-order valence-corrected chi connectivity index (χ0v) is 11.6. The first-order valence-electron chi connectivity index (χ1n) is 6.15. The van der Waals surface area contributed by atoms with Crippen molar-refractivity contribution in [2.75, 3.05) is 6.54 Å². The summed E-state index contributed by atoms with van der Waals surface area (Å²) in [6.07, 6.45) is 4.95. The van der Waals surface area contributed by atoms with Crippen LogP contribution >= 0.6 is 15.9 Å². The van der Waals surface area contributed by atoms with Crippen molar-refractivity contribution in [1.82, 2.24) is 5.32 Å². The van der Waals surface area contributed by atoms with E-state index in [-0.39, 0.29) is 5.91 Å². The third-order valence-corrected chi connectivity index (χ3v) is 4.51. The minimum absolute atomic E-state index is 0.108. The van der Waals surface area contributed by atoms with Gasteiger partial charge in [-0.05, 0) is 37.8 Å². The van der Waals surface area contributed by atoms with Crippen LogP contribution < -0.4 is 5.32 Å². The molecule has 17 heavy (non-hydrogen) atoms. The topological polar surface area (TPSA) is 42.2 Å². The van der Waals surface area contributed by atoms with Crippen LogP contribution in [-0.4, -0.2) is 17.3 Å². The predicted octanol–water partition coefficient (Wildman–Crippen LogP) is 3.27. The van der Waals surface area contributed by atoms with Crippen molar-refractivity contribution >= 4 is 21.8 Å². The van der Waals surface area contributed by atoms with Gasteiger partial charge in [-0.15, -0.1) is 0 Å². The molecule has 1 aromatic heterocycles. The zero-order chi connectivity index (χ0) is 12.3. The Balaban J connectivity index is 1.83. The highest BCUT2D eigenvalue weighted by atomic mass is 79.9. The van der Waals surface area contributed by atoms with Crippen LogP contribution in [0.25, 0.3) is 0 Å². The molecule has 1 aliphatic carbocycles. The number of nitrogens with one attached hydrogen (secondary N) is 1. The number of carbonyl (C=O) groups is 1. The van der Waals surface area contributed by atoms with E-state index in [9.17, 15) is 4.79 Å². The van der Waals surface area contributed by atoms with Gasteiger partial charge in [-0.1, -0.05) is 28.8 Å². The number of halogens is 1. The Kier molecular flexibility index (Phi) is 4.26. The van der Waals surface area contributed by atoms with Crippen LogP contribution in [0.15, 0.2) is 16.5 Å². The van der Waals surface area contributed by atoms with Gasteiger partial charge in [-0.3, -0.25) is 4.79 Å². The average molecular weight is 300 g/mol. The molecule has 1 aliphatic rings. The lowest BCUT2D eigenvalue weighted by Gasteiger charge is -2.27. The fourth-order valence-electron chi connectivity index (χ4n) is 2.26. The summed E-state index contributed by atoms with van der Waals surface area (Å²) < 4.78 is 5.29. The van der Waals surface area contributed by atoms with Gasteiger partial charge < -0.3 is 9.73 Å². The summed E-state index contributed by atoms with van der Waals surface area (Å²) in [5.41, 5.74) is 0. The SMILES string of the molecule is Cc1ccc(C(=O)NCC2CCCCC2Br)o1. The second-order valence-electron chi connectivity index (χ2n) is 4.68. The standard InChI is InChI=1S/C13H18BrNO2/c1-9-6-7-12(17-9)13(16)15-8-10-4-2-3-5-11(10)14/h6-7,10-11H,2-5,8H2,1H3,(H,15,16). The summed E-state index contributed by atoms with van der Waals surface area (Å²) >= 11 is 3.69. The third kappa shape index (κ3) is 3.35. The lowest BCUT2D eigenvalue weighted by Crippen LogP contribution is -2.34. The van der Waals surface area contributed by atoms with Crippen molar-refractivity contribution < 1.29 is 9.21 Å². The second-order valence-corrected chi connectivity index (χ2v) is 5.86. The highest BCUT2D eigenvalue weighted by Gasteiger charge is 2.23. The van der Waals surface area contributed by atoms with Crippen molar-refractivity contribution in [2.45, 2.75) is 37.4 Å². The van der Waals surface area contributed by atoms with E-state index in [4.69, 9.17) is 4.42 Å². The Morgan fingerprint density at radius 1 is 1.47 bits per heavy atom. The number of hydrogen-bond acceptors (Lipinski definition) is 2. The third-order valence-electron chi connectivity index (χ3n) is 3.31. The summed E-state index contributed by atoms with van der Waals surface area (Å²) in [6, 6.07) is 3.53. The minimum Gasteiger partial charge on any atom is -0.456 e. The van der Waals surface area contributed by atoms with Gasteiger partial charge in [-0.2, -0.15) is 0 Å². The molecule has 1 fully saturated rings. The number of alkyl halides is 1. The molecule has 1 saturated carbocycles. The quantitative estimate of drug-likeness (QED) is 0.871. The Hall–Kier alpha value is -0.770. The molecule has 94 valence electrons.